The Morgan fingerprint density at radius 3 is 2.40 bits per heavy atom. The number of amides is 2. The molecule has 2 amide bonds. The molecule has 0 bridgehead atoms. The molecule has 1 aromatic carbocycles. The summed E-state index contributed by atoms with van der Waals surface area (Å²) >= 11 is 0. The Balaban J connectivity index is 1.92. The van der Waals surface area contributed by atoms with E-state index in [-0.39, 0.29) is 12.1 Å². The van der Waals surface area contributed by atoms with E-state index in [4.69, 9.17) is 5.73 Å². The van der Waals surface area contributed by atoms with Crippen LogP contribution in [0.1, 0.15) is 40.8 Å². The lowest BCUT2D eigenvalue weighted by Gasteiger charge is -2.14. The van der Waals surface area contributed by atoms with Crippen molar-refractivity contribution < 1.29 is 9.59 Å². The third-order valence-electron chi connectivity index (χ3n) is 4.50. The summed E-state index contributed by atoms with van der Waals surface area (Å²) in [6.45, 7) is 5.49. The van der Waals surface area contributed by atoms with Crippen molar-refractivity contribution in [1.82, 2.24) is 19.3 Å². The molecule has 156 valence electrons. The highest BCUT2D eigenvalue weighted by molar-refractivity contribution is 5.94. The van der Waals surface area contributed by atoms with Gasteiger partial charge in [0.2, 0.25) is 17.8 Å². The number of hydrogen-bond donors (Lipinski definition) is 2. The highest BCUT2D eigenvalue weighted by Crippen LogP contribution is 2.12. The molecular formula is C21H24N6O3. The SMILES string of the molecule is CCCc1cc(=O)n(CC(=O)Nc2ccc(C(N)=O)cc2)c(-n2nc(C)cc2C)n1. The Morgan fingerprint density at radius 1 is 1.13 bits per heavy atom. The fourth-order valence-corrected chi connectivity index (χ4v) is 3.13. The predicted molar refractivity (Wildman–Crippen MR) is 113 cm³/mol. The molecule has 0 aliphatic heterocycles. The lowest BCUT2D eigenvalue weighted by Crippen LogP contribution is -2.32. The zero-order chi connectivity index (χ0) is 21.8. The molecule has 2 aromatic heterocycles. The van der Waals surface area contributed by atoms with E-state index < -0.39 is 11.8 Å². The van der Waals surface area contributed by atoms with Crippen LogP contribution in [-0.4, -0.2) is 31.1 Å². The van der Waals surface area contributed by atoms with Crippen molar-refractivity contribution in [2.45, 2.75) is 40.2 Å². The van der Waals surface area contributed by atoms with E-state index in [2.05, 4.69) is 15.4 Å². The molecule has 0 radical (unpaired) electrons. The predicted octanol–water partition coefficient (Wildman–Crippen LogP) is 1.74. The number of primary amides is 1. The number of benzene rings is 1. The van der Waals surface area contributed by atoms with Gasteiger partial charge in [-0.3, -0.25) is 19.0 Å². The second-order valence-electron chi connectivity index (χ2n) is 7.05. The van der Waals surface area contributed by atoms with Gasteiger partial charge in [0.15, 0.2) is 0 Å². The Labute approximate surface area is 173 Å². The van der Waals surface area contributed by atoms with Crippen LogP contribution < -0.4 is 16.6 Å². The lowest BCUT2D eigenvalue weighted by atomic mass is 10.2. The second kappa shape index (κ2) is 8.73. The van der Waals surface area contributed by atoms with Crippen molar-refractivity contribution in [2.75, 3.05) is 5.32 Å². The summed E-state index contributed by atoms with van der Waals surface area (Å²) in [4.78, 5) is 41.2. The standard InChI is InChI=1S/C21H24N6O3/c1-4-5-17-11-19(29)26(21(24-17)27-14(3)10-13(2)25-27)12-18(28)23-16-8-6-15(7-9-16)20(22)30/h6-11H,4-5,12H2,1-3H3,(H2,22,30)(H,23,28). The fourth-order valence-electron chi connectivity index (χ4n) is 3.13. The normalized spacial score (nSPS) is 10.8. The van der Waals surface area contributed by atoms with Crippen LogP contribution in [0, 0.1) is 13.8 Å². The number of nitrogens with two attached hydrogens (primary N) is 1. The summed E-state index contributed by atoms with van der Waals surface area (Å²) in [5.74, 6) is -0.653. The van der Waals surface area contributed by atoms with Crippen LogP contribution in [0.15, 0.2) is 41.2 Å². The molecule has 3 N–H and O–H groups in total. The van der Waals surface area contributed by atoms with Gasteiger partial charge in [-0.05, 0) is 50.6 Å². The van der Waals surface area contributed by atoms with E-state index in [9.17, 15) is 14.4 Å². The van der Waals surface area contributed by atoms with Crippen molar-refractivity contribution in [2.24, 2.45) is 5.73 Å². The number of nitrogens with one attached hydrogen (secondary N) is 1. The molecule has 0 saturated heterocycles. The van der Waals surface area contributed by atoms with Crippen LogP contribution in [0.4, 0.5) is 5.69 Å². The topological polar surface area (TPSA) is 125 Å². The van der Waals surface area contributed by atoms with Gasteiger partial charge in [0.25, 0.3) is 5.56 Å². The van der Waals surface area contributed by atoms with Crippen LogP contribution in [0.2, 0.25) is 0 Å². The van der Waals surface area contributed by atoms with Gasteiger partial charge in [-0.15, -0.1) is 0 Å². The number of rotatable bonds is 7. The van der Waals surface area contributed by atoms with Crippen molar-refractivity contribution in [3.05, 3.63) is 69.4 Å². The first-order chi connectivity index (χ1) is 14.3. The number of aromatic nitrogens is 4. The average Bonchev–Trinajstić information content (AvgIpc) is 3.02. The minimum absolute atomic E-state index is 0.233. The molecule has 0 saturated carbocycles. The summed E-state index contributed by atoms with van der Waals surface area (Å²) in [6, 6.07) is 9.52. The Kier molecular flexibility index (Phi) is 6.10. The molecular weight excluding hydrogens is 384 g/mol. The largest absolute Gasteiger partial charge is 0.366 e. The molecule has 0 fully saturated rings. The van der Waals surface area contributed by atoms with E-state index in [1.54, 1.807) is 16.8 Å². The third kappa shape index (κ3) is 4.62. The van der Waals surface area contributed by atoms with Gasteiger partial charge >= 0.3 is 0 Å². The average molecular weight is 408 g/mol. The quantitative estimate of drug-likeness (QED) is 0.616. The van der Waals surface area contributed by atoms with E-state index in [1.165, 1.54) is 22.8 Å². The Bertz CT molecular complexity index is 1140. The highest BCUT2D eigenvalue weighted by atomic mass is 16.2. The maximum atomic E-state index is 12.8. The minimum Gasteiger partial charge on any atom is -0.366 e. The molecule has 3 aromatic rings. The Morgan fingerprint density at radius 2 is 1.83 bits per heavy atom. The molecule has 9 heteroatoms. The fraction of sp³-hybridized carbons (Fsp3) is 0.286. The molecule has 0 aliphatic rings. The van der Waals surface area contributed by atoms with Crippen LogP contribution >= 0.6 is 0 Å². The van der Waals surface area contributed by atoms with Crippen LogP contribution in [0.3, 0.4) is 0 Å². The number of nitrogens with zero attached hydrogens (tertiary/aromatic N) is 4. The second-order valence-corrected chi connectivity index (χ2v) is 7.05. The summed E-state index contributed by atoms with van der Waals surface area (Å²) in [5, 5.41) is 7.13. The van der Waals surface area contributed by atoms with Crippen molar-refractivity contribution in [1.29, 1.82) is 0 Å². The first kappa shape index (κ1) is 21.0. The maximum absolute atomic E-state index is 12.8. The smallest absolute Gasteiger partial charge is 0.255 e. The number of anilines is 1. The lowest BCUT2D eigenvalue weighted by molar-refractivity contribution is -0.116. The molecule has 30 heavy (non-hydrogen) atoms. The number of carbonyl (C=O) groups excluding carboxylic acids is 2. The van der Waals surface area contributed by atoms with E-state index >= 15 is 0 Å². The number of aryl methyl sites for hydroxylation is 3. The Hall–Kier alpha value is -3.75. The minimum atomic E-state index is -0.549. The molecule has 9 nitrogen and oxygen atoms in total. The van der Waals surface area contributed by atoms with Gasteiger partial charge in [0, 0.05) is 28.7 Å². The van der Waals surface area contributed by atoms with Crippen molar-refractivity contribution in [3.8, 4) is 5.95 Å². The van der Waals surface area contributed by atoms with E-state index in [0.717, 1.165) is 17.8 Å². The summed E-state index contributed by atoms with van der Waals surface area (Å²) in [5.41, 5.74) is 7.98. The monoisotopic (exact) mass is 408 g/mol. The first-order valence-corrected chi connectivity index (χ1v) is 9.62. The van der Waals surface area contributed by atoms with Crippen LogP contribution in [0.25, 0.3) is 5.95 Å². The molecule has 0 aliphatic carbocycles. The van der Waals surface area contributed by atoms with E-state index in [1.807, 2.05) is 26.8 Å². The third-order valence-corrected chi connectivity index (χ3v) is 4.50. The molecule has 0 unspecified atom stereocenters. The molecule has 0 spiro atoms. The number of carbonyl (C=O) groups is 2. The first-order valence-electron chi connectivity index (χ1n) is 9.62. The summed E-state index contributed by atoms with van der Waals surface area (Å²) in [7, 11) is 0. The zero-order valence-electron chi connectivity index (χ0n) is 17.2. The van der Waals surface area contributed by atoms with Gasteiger partial charge in [0.05, 0.1) is 5.69 Å². The van der Waals surface area contributed by atoms with Gasteiger partial charge in [-0.2, -0.15) is 5.10 Å². The zero-order valence-corrected chi connectivity index (χ0v) is 17.2. The van der Waals surface area contributed by atoms with Crippen molar-refractivity contribution >= 4 is 17.5 Å². The van der Waals surface area contributed by atoms with Gasteiger partial charge in [0.1, 0.15) is 6.54 Å². The summed E-state index contributed by atoms with van der Waals surface area (Å²) in [6.07, 6.45) is 1.50. The summed E-state index contributed by atoms with van der Waals surface area (Å²) < 4.78 is 2.87. The molecule has 2 heterocycles. The number of hydrogen-bond acceptors (Lipinski definition) is 5. The highest BCUT2D eigenvalue weighted by Gasteiger charge is 2.16. The van der Waals surface area contributed by atoms with Gasteiger partial charge in [-0.25, -0.2) is 9.67 Å². The van der Waals surface area contributed by atoms with E-state index in [0.29, 0.717) is 29.3 Å². The van der Waals surface area contributed by atoms with Crippen LogP contribution in [-0.2, 0) is 17.8 Å². The van der Waals surface area contributed by atoms with Gasteiger partial charge in [-0.1, -0.05) is 13.3 Å². The van der Waals surface area contributed by atoms with Crippen molar-refractivity contribution in [3.63, 3.8) is 0 Å². The maximum Gasteiger partial charge on any atom is 0.255 e. The molecule has 0 atom stereocenters. The van der Waals surface area contributed by atoms with Crippen LogP contribution in [0.5, 0.6) is 0 Å². The van der Waals surface area contributed by atoms with Gasteiger partial charge < -0.3 is 11.1 Å². The molecule has 3 rings (SSSR count).